The Kier molecular flexibility index (Phi) is 22.4. The maximum atomic E-state index is 13.3. The van der Waals surface area contributed by atoms with Crippen LogP contribution < -0.4 is 33.0 Å². The molecule has 1 N–H and O–H groups in total. The average Bonchev–Trinajstić information content (AvgIpc) is 2.33. The number of thiazole rings is 4. The van der Waals surface area contributed by atoms with Gasteiger partial charge < -0.3 is 24.4 Å². The number of ether oxygens (including phenoxy) is 2. The van der Waals surface area contributed by atoms with Crippen LogP contribution in [0, 0.1) is 41.5 Å². The summed E-state index contributed by atoms with van der Waals surface area (Å²) in [6.07, 6.45) is 8.40. The third kappa shape index (κ3) is 15.6. The van der Waals surface area contributed by atoms with Crippen LogP contribution in [0.4, 0.5) is 28.9 Å². The Balaban J connectivity index is 0.000000150. The Morgan fingerprint density at radius 1 is 0.506 bits per heavy atom. The van der Waals surface area contributed by atoms with Gasteiger partial charge in [0.1, 0.15) is 58.9 Å². The monoisotopic (exact) mass is 1290 g/mol. The van der Waals surface area contributed by atoms with Crippen LogP contribution in [0.25, 0.3) is 53.0 Å². The van der Waals surface area contributed by atoms with Crippen molar-refractivity contribution >= 4 is 133 Å². The van der Waals surface area contributed by atoms with Crippen LogP contribution in [0.3, 0.4) is 0 Å². The lowest BCUT2D eigenvalue weighted by Crippen LogP contribution is -2.36. The summed E-state index contributed by atoms with van der Waals surface area (Å²) < 4.78 is 73.8. The number of rotatable bonds is 16. The number of nitrogens with zero attached hydrogens (tertiary/aromatic N) is 6. The fraction of sp³-hybridized carbons (Fsp3) is 0.294. The molecule has 4 aromatic heterocycles. The van der Waals surface area contributed by atoms with Gasteiger partial charge >= 0.3 is 0 Å². The molecule has 2 aliphatic rings. The van der Waals surface area contributed by atoms with E-state index in [0.717, 1.165) is 106 Å². The number of fused-ring (bicyclic) bond motifs is 6. The third-order valence-corrected chi connectivity index (χ3v) is 20.8. The minimum absolute atomic E-state index is 0.0590. The highest BCUT2D eigenvalue weighted by molar-refractivity contribution is 8.04. The number of aryl methyl sites for hydroxylation is 8. The number of aliphatic hydroxyl groups excluding tert-OH is 1. The lowest BCUT2D eigenvalue weighted by Gasteiger charge is -2.19. The highest BCUT2D eigenvalue weighted by Gasteiger charge is 2.28. The van der Waals surface area contributed by atoms with Crippen LogP contribution in [-0.4, -0.2) is 70.7 Å². The SMILES string of the molecule is COc1ccc2sc(C=C(C)C=C3Sc4ccc(C)cc4N3CCF)[n+](CCF)c2c1.COc1ccc2sc(C=C(C)C=C3Sc4ccc(C)cc4N3CCF)[n+](CCO)c2c1.Cc1ccc2sc(C)[n+](CCF)c2c1.Cc1ccc2sc(C)nc2c1. The van der Waals surface area contributed by atoms with E-state index in [1.54, 1.807) is 83.1 Å². The Morgan fingerprint density at radius 2 is 0.943 bits per heavy atom. The molecule has 6 aromatic carbocycles. The topological polar surface area (TPSA) is 69.7 Å². The average molecular weight is 1290 g/mol. The molecular formula is C68H73F4N6O3S6+3. The summed E-state index contributed by atoms with van der Waals surface area (Å²) in [5, 5.41) is 16.0. The predicted molar refractivity (Wildman–Crippen MR) is 361 cm³/mol. The lowest BCUT2D eigenvalue weighted by atomic mass is 10.2. The van der Waals surface area contributed by atoms with Gasteiger partial charge in [0, 0.05) is 34.9 Å². The molecule has 12 rings (SSSR count). The van der Waals surface area contributed by atoms with Crippen molar-refractivity contribution in [2.75, 3.05) is 70.4 Å². The number of alkyl halides is 4. The van der Waals surface area contributed by atoms with Crippen molar-refractivity contribution in [3.63, 3.8) is 0 Å². The molecule has 0 bridgehead atoms. The van der Waals surface area contributed by atoms with Crippen molar-refractivity contribution in [2.45, 2.75) is 84.8 Å². The van der Waals surface area contributed by atoms with E-state index in [-0.39, 0.29) is 19.8 Å². The number of aliphatic hydroxyl groups is 1. The Hall–Kier alpha value is -6.58. The number of methoxy groups -OCH3 is 2. The molecule has 0 atom stereocenters. The first-order chi connectivity index (χ1) is 42.0. The molecule has 0 radical (unpaired) electrons. The quantitative estimate of drug-likeness (QED) is 0.0758. The summed E-state index contributed by atoms with van der Waals surface area (Å²) in [5.41, 5.74) is 13.4. The van der Waals surface area contributed by atoms with E-state index in [9.17, 15) is 22.7 Å². The van der Waals surface area contributed by atoms with Gasteiger partial charge in [-0.1, -0.05) is 81.8 Å². The molecule has 0 amide bonds. The molecule has 0 saturated carbocycles. The first kappa shape index (κ1) is 64.9. The molecule has 6 heterocycles. The second-order valence-electron chi connectivity index (χ2n) is 21.0. The van der Waals surface area contributed by atoms with Crippen molar-refractivity contribution in [1.82, 2.24) is 4.98 Å². The fourth-order valence-electron chi connectivity index (χ4n) is 10.2. The van der Waals surface area contributed by atoms with Crippen molar-refractivity contribution in [2.24, 2.45) is 0 Å². The summed E-state index contributed by atoms with van der Waals surface area (Å²) in [7, 11) is 3.29. The van der Waals surface area contributed by atoms with E-state index in [2.05, 4.69) is 139 Å². The van der Waals surface area contributed by atoms with Gasteiger partial charge in [0.05, 0.1) is 76.1 Å². The van der Waals surface area contributed by atoms with Crippen LogP contribution >= 0.6 is 68.9 Å². The highest BCUT2D eigenvalue weighted by Crippen LogP contribution is 2.48. The molecule has 0 spiro atoms. The minimum atomic E-state index is -0.441. The molecule has 10 aromatic rings. The smallest absolute Gasteiger partial charge is 0.263 e. The highest BCUT2D eigenvalue weighted by atomic mass is 32.2. The van der Waals surface area contributed by atoms with Gasteiger partial charge in [-0.25, -0.2) is 22.5 Å². The molecule has 0 unspecified atom stereocenters. The Bertz CT molecular complexity index is 4020. The van der Waals surface area contributed by atoms with E-state index in [1.807, 2.05) is 78.1 Å². The number of hydrogen-bond donors (Lipinski definition) is 1. The summed E-state index contributed by atoms with van der Waals surface area (Å²) in [6, 6.07) is 37.2. The molecule has 0 fully saturated rings. The van der Waals surface area contributed by atoms with Gasteiger partial charge in [-0.05, 0) is 161 Å². The van der Waals surface area contributed by atoms with Crippen molar-refractivity contribution in [3.8, 4) is 11.5 Å². The molecule has 87 heavy (non-hydrogen) atoms. The van der Waals surface area contributed by atoms with E-state index in [1.165, 1.54) is 31.1 Å². The standard InChI is InChI=1S/C24H25F2N2OS2.C24H26FN2O2S2.C11H13FNS.C9H9NS/c1-16-4-6-21-19(12-16)27(10-8-25)23(30-21)13-17(2)14-24-28(11-9-26)20-15-18(29-3)5-7-22(20)31-24;1-16-4-6-21-19(12-16)26(9-8-25)23(30-21)13-17(2)14-24-27(10-11-28)20-15-18(29-3)5-7-22(20)31-24;1-8-3-4-11-10(7-8)13(6-5-12)9(2)14-11;1-6-3-4-9-8(5-6)10-7(2)11-9/h4-7,12-15H,8-11H2,1-3H3;4-7,12-15,28H,8-11H2,1-3H3;3-4,7H,5-6H2,1-2H3;3-5H,1-2H3/q3*+1;. The maximum absolute atomic E-state index is 13.3. The van der Waals surface area contributed by atoms with Crippen molar-refractivity contribution in [3.05, 3.63) is 185 Å². The number of aromatic nitrogens is 4. The molecule has 454 valence electrons. The van der Waals surface area contributed by atoms with Gasteiger partial charge in [0.2, 0.25) is 21.6 Å². The second-order valence-corrected chi connectivity index (χ2v) is 27.7. The summed E-state index contributed by atoms with van der Waals surface area (Å²) in [6.45, 7) is 16.9. The lowest BCUT2D eigenvalue weighted by molar-refractivity contribution is -0.672. The van der Waals surface area contributed by atoms with Gasteiger partial charge in [-0.2, -0.15) is 13.7 Å². The van der Waals surface area contributed by atoms with Crippen LogP contribution in [-0.2, 0) is 19.6 Å². The van der Waals surface area contributed by atoms with Crippen LogP contribution in [0.1, 0.15) is 56.1 Å². The zero-order valence-electron chi connectivity index (χ0n) is 50.7. The Morgan fingerprint density at radius 3 is 1.44 bits per heavy atom. The van der Waals surface area contributed by atoms with Gasteiger partial charge in [0.25, 0.3) is 10.0 Å². The van der Waals surface area contributed by atoms with Crippen molar-refractivity contribution < 1.29 is 45.8 Å². The molecule has 2 aliphatic heterocycles. The number of benzene rings is 6. The fourth-order valence-corrected chi connectivity index (χ4v) is 16.8. The second kappa shape index (κ2) is 30.1. The first-order valence-corrected chi connectivity index (χ1v) is 33.5. The van der Waals surface area contributed by atoms with E-state index < -0.39 is 20.0 Å². The maximum Gasteiger partial charge on any atom is 0.263 e. The van der Waals surface area contributed by atoms with Crippen molar-refractivity contribution in [1.29, 1.82) is 0 Å². The summed E-state index contributed by atoms with van der Waals surface area (Å²) in [5.74, 6) is 1.55. The summed E-state index contributed by atoms with van der Waals surface area (Å²) >= 11 is 10.1. The van der Waals surface area contributed by atoms with Crippen LogP contribution in [0.15, 0.2) is 152 Å². The zero-order chi connectivity index (χ0) is 61.9. The number of halogens is 4. The van der Waals surface area contributed by atoms with Crippen LogP contribution in [0.2, 0.25) is 0 Å². The molecule has 0 aliphatic carbocycles. The Labute approximate surface area is 531 Å². The van der Waals surface area contributed by atoms with Gasteiger partial charge in [0.15, 0.2) is 19.6 Å². The molecular weight excluding hydrogens is 1220 g/mol. The number of allylic oxidation sites excluding steroid dienone is 4. The van der Waals surface area contributed by atoms with Gasteiger partial charge in [-0.15, -0.1) is 11.3 Å². The van der Waals surface area contributed by atoms with Gasteiger partial charge in [-0.3, -0.25) is 0 Å². The predicted octanol–water partition coefficient (Wildman–Crippen LogP) is 17.3. The third-order valence-electron chi connectivity index (χ3n) is 14.3. The number of anilines is 2. The number of thioether (sulfide) groups is 2. The normalized spacial score (nSPS) is 14.0. The summed E-state index contributed by atoms with van der Waals surface area (Å²) in [4.78, 5) is 10.8. The first-order valence-electron chi connectivity index (χ1n) is 28.6. The van der Waals surface area contributed by atoms with E-state index >= 15 is 0 Å². The number of hydrogen-bond acceptors (Lipinski definition) is 12. The molecule has 0 saturated heterocycles. The van der Waals surface area contributed by atoms with E-state index in [4.69, 9.17) is 9.47 Å². The molecule has 9 nitrogen and oxygen atoms in total. The van der Waals surface area contributed by atoms with Crippen LogP contribution in [0.5, 0.6) is 11.5 Å². The zero-order valence-corrected chi connectivity index (χ0v) is 55.6. The van der Waals surface area contributed by atoms with E-state index in [0.29, 0.717) is 26.2 Å². The minimum Gasteiger partial charge on any atom is -0.497 e. The molecule has 19 heteroatoms. The largest absolute Gasteiger partial charge is 0.497 e.